The number of hydrogen-bond donors (Lipinski definition) is 0. The van der Waals surface area contributed by atoms with E-state index in [0.29, 0.717) is 19.5 Å². The number of benzene rings is 1. The fraction of sp³-hybridized carbons (Fsp3) is 0.520. The molecule has 0 bridgehead atoms. The Kier molecular flexibility index (Phi) is 8.29. The summed E-state index contributed by atoms with van der Waals surface area (Å²) in [6.07, 6.45) is 8.98. The molecule has 0 atom stereocenters. The van der Waals surface area contributed by atoms with E-state index in [1.165, 1.54) is 6.42 Å². The summed E-state index contributed by atoms with van der Waals surface area (Å²) >= 11 is 0. The van der Waals surface area contributed by atoms with Crippen LogP contribution in [0, 0.1) is 5.92 Å². The second-order valence-corrected chi connectivity index (χ2v) is 11.0. The van der Waals surface area contributed by atoms with Gasteiger partial charge in [-0.1, -0.05) is 69.5 Å². The maximum Gasteiger partial charge on any atom is 0.228 e. The molecule has 0 N–H and O–H groups in total. The van der Waals surface area contributed by atoms with Gasteiger partial charge >= 0.3 is 0 Å². The fourth-order valence-corrected chi connectivity index (χ4v) is 5.94. The number of nitrogens with zero attached hydrogens (tertiary/aromatic N) is 3. The van der Waals surface area contributed by atoms with Crippen LogP contribution in [0.4, 0.5) is 0 Å². The summed E-state index contributed by atoms with van der Waals surface area (Å²) in [4.78, 5) is 19.0. The minimum atomic E-state index is -3.63. The Bertz CT molecular complexity index is 1010. The van der Waals surface area contributed by atoms with Crippen molar-refractivity contribution in [2.24, 2.45) is 5.92 Å². The van der Waals surface area contributed by atoms with Crippen LogP contribution >= 0.6 is 0 Å². The summed E-state index contributed by atoms with van der Waals surface area (Å²) in [6, 6.07) is 9.30. The summed E-state index contributed by atoms with van der Waals surface area (Å²) in [5.41, 5.74) is 1.52. The Morgan fingerprint density at radius 3 is 2.53 bits per heavy atom. The highest BCUT2D eigenvalue weighted by Gasteiger charge is 2.30. The Balaban J connectivity index is 1.96. The van der Waals surface area contributed by atoms with Crippen LogP contribution in [-0.4, -0.2) is 35.3 Å². The van der Waals surface area contributed by atoms with Crippen LogP contribution in [0.5, 0.6) is 0 Å². The number of imidazole rings is 1. The molecular weight excluding hydrogens is 422 g/mol. The Morgan fingerprint density at radius 1 is 1.22 bits per heavy atom. The second-order valence-electron chi connectivity index (χ2n) is 9.10. The lowest BCUT2D eigenvalue weighted by Crippen LogP contribution is -2.33. The molecule has 1 aromatic heterocycles. The molecule has 1 aliphatic rings. The van der Waals surface area contributed by atoms with Crippen LogP contribution in [0.1, 0.15) is 69.7 Å². The number of rotatable bonds is 10. The van der Waals surface area contributed by atoms with E-state index in [2.05, 4.69) is 11.6 Å². The molecule has 6 nitrogen and oxygen atoms in total. The molecule has 1 aliphatic carbocycles. The van der Waals surface area contributed by atoms with E-state index in [4.69, 9.17) is 0 Å². The number of carbonyl (C=O) groups is 1. The van der Waals surface area contributed by atoms with E-state index in [1.54, 1.807) is 17.2 Å². The topological polar surface area (TPSA) is 72.3 Å². The van der Waals surface area contributed by atoms with Crippen molar-refractivity contribution in [3.8, 4) is 0 Å². The summed E-state index contributed by atoms with van der Waals surface area (Å²) in [6.45, 7) is 8.59. The van der Waals surface area contributed by atoms with E-state index in [-0.39, 0.29) is 28.8 Å². The molecule has 1 amide bonds. The molecule has 3 rings (SSSR count). The van der Waals surface area contributed by atoms with Crippen LogP contribution in [0.2, 0.25) is 0 Å². The highest BCUT2D eigenvalue weighted by atomic mass is 32.2. The number of carbonyl (C=O) groups excluding carboxylic acids is 1. The SMILES string of the molecule is C=CCN(Cc1cnc(S(=O)(=O)Cc2ccccc2)n1C1CCCCC1)C(=O)CC(C)C. The van der Waals surface area contributed by atoms with E-state index in [1.807, 2.05) is 48.7 Å². The van der Waals surface area contributed by atoms with Crippen molar-refractivity contribution >= 4 is 15.7 Å². The molecular formula is C25H35N3O3S. The summed E-state index contributed by atoms with van der Waals surface area (Å²) in [5.74, 6) is 0.213. The molecule has 0 spiro atoms. The standard InChI is InChI=1S/C25H35N3O3S/c1-4-15-27(24(29)16-20(2)3)18-23-17-26-25(28(23)22-13-9-6-10-14-22)32(30,31)19-21-11-7-5-8-12-21/h4-5,7-8,11-12,17,20,22H,1,6,9-10,13-16,18-19H2,2-3H3. The van der Waals surface area contributed by atoms with Gasteiger partial charge < -0.3 is 9.47 Å². The molecule has 7 heteroatoms. The zero-order valence-electron chi connectivity index (χ0n) is 19.2. The molecule has 1 heterocycles. The minimum absolute atomic E-state index is 0.0463. The van der Waals surface area contributed by atoms with Crippen molar-refractivity contribution in [1.29, 1.82) is 0 Å². The van der Waals surface area contributed by atoms with Gasteiger partial charge in [0.2, 0.25) is 20.9 Å². The monoisotopic (exact) mass is 457 g/mol. The van der Waals surface area contributed by atoms with E-state index in [0.717, 1.165) is 36.9 Å². The zero-order chi connectivity index (χ0) is 23.1. The van der Waals surface area contributed by atoms with E-state index in [9.17, 15) is 13.2 Å². The van der Waals surface area contributed by atoms with Gasteiger partial charge in [0.15, 0.2) is 0 Å². The van der Waals surface area contributed by atoms with Crippen molar-refractivity contribution < 1.29 is 13.2 Å². The molecule has 2 aromatic rings. The number of aromatic nitrogens is 2. The molecule has 32 heavy (non-hydrogen) atoms. The smallest absolute Gasteiger partial charge is 0.228 e. The fourth-order valence-electron chi connectivity index (χ4n) is 4.40. The van der Waals surface area contributed by atoms with Crippen molar-refractivity contribution in [3.63, 3.8) is 0 Å². The first-order chi connectivity index (χ1) is 15.3. The predicted molar refractivity (Wildman–Crippen MR) is 127 cm³/mol. The van der Waals surface area contributed by atoms with E-state index < -0.39 is 9.84 Å². The van der Waals surface area contributed by atoms with Gasteiger partial charge in [-0.05, 0) is 24.3 Å². The van der Waals surface area contributed by atoms with Gasteiger partial charge in [-0.25, -0.2) is 13.4 Å². The lowest BCUT2D eigenvalue weighted by atomic mass is 9.95. The number of sulfone groups is 1. The molecule has 0 aliphatic heterocycles. The average molecular weight is 458 g/mol. The second kappa shape index (κ2) is 10.9. The normalized spacial score (nSPS) is 15.1. The van der Waals surface area contributed by atoms with Gasteiger partial charge in [-0.2, -0.15) is 0 Å². The minimum Gasteiger partial charge on any atom is -0.333 e. The predicted octanol–water partition coefficient (Wildman–Crippen LogP) is 4.92. The van der Waals surface area contributed by atoms with Gasteiger partial charge in [0.25, 0.3) is 0 Å². The molecule has 1 fully saturated rings. The molecule has 1 aromatic carbocycles. The first kappa shape index (κ1) is 24.2. The highest BCUT2D eigenvalue weighted by Crippen LogP contribution is 2.33. The van der Waals surface area contributed by atoms with Crippen molar-refractivity contribution in [2.45, 2.75) is 75.9 Å². The maximum atomic E-state index is 13.4. The van der Waals surface area contributed by atoms with Crippen LogP contribution in [0.3, 0.4) is 0 Å². The summed E-state index contributed by atoms with van der Waals surface area (Å²) in [7, 11) is -3.63. The Hall–Kier alpha value is -2.41. The van der Waals surface area contributed by atoms with Crippen molar-refractivity contribution in [3.05, 3.63) is 60.4 Å². The maximum absolute atomic E-state index is 13.4. The third-order valence-corrected chi connectivity index (χ3v) is 7.47. The molecule has 0 radical (unpaired) electrons. The van der Waals surface area contributed by atoms with Gasteiger partial charge in [0.1, 0.15) is 0 Å². The first-order valence-corrected chi connectivity index (χ1v) is 13.2. The van der Waals surface area contributed by atoms with Crippen molar-refractivity contribution in [2.75, 3.05) is 6.54 Å². The molecule has 0 unspecified atom stereocenters. The van der Waals surface area contributed by atoms with Crippen LogP contribution in [0.25, 0.3) is 0 Å². The molecule has 0 saturated heterocycles. The van der Waals surface area contributed by atoms with Crippen LogP contribution in [-0.2, 0) is 26.9 Å². The van der Waals surface area contributed by atoms with Crippen LogP contribution in [0.15, 0.2) is 54.3 Å². The van der Waals surface area contributed by atoms with Gasteiger partial charge in [-0.3, -0.25) is 4.79 Å². The molecule has 174 valence electrons. The lowest BCUT2D eigenvalue weighted by molar-refractivity contribution is -0.132. The summed E-state index contributed by atoms with van der Waals surface area (Å²) in [5, 5.41) is 0.123. The lowest BCUT2D eigenvalue weighted by Gasteiger charge is -2.29. The quantitative estimate of drug-likeness (QED) is 0.475. The number of hydrogen-bond acceptors (Lipinski definition) is 4. The van der Waals surface area contributed by atoms with Gasteiger partial charge in [0, 0.05) is 19.0 Å². The third-order valence-electron chi connectivity index (χ3n) is 5.89. The highest BCUT2D eigenvalue weighted by molar-refractivity contribution is 7.90. The van der Waals surface area contributed by atoms with Gasteiger partial charge in [0.05, 0.1) is 24.2 Å². The average Bonchev–Trinajstić information content (AvgIpc) is 3.18. The molecule has 1 saturated carbocycles. The number of amides is 1. The third kappa shape index (κ3) is 6.09. The largest absolute Gasteiger partial charge is 0.333 e. The Labute approximate surface area is 192 Å². The van der Waals surface area contributed by atoms with Crippen LogP contribution < -0.4 is 0 Å². The zero-order valence-corrected chi connectivity index (χ0v) is 20.1. The first-order valence-electron chi connectivity index (χ1n) is 11.5. The summed E-state index contributed by atoms with van der Waals surface area (Å²) < 4.78 is 28.7. The Morgan fingerprint density at radius 2 is 1.91 bits per heavy atom. The van der Waals surface area contributed by atoms with Gasteiger partial charge in [-0.15, -0.1) is 6.58 Å². The van der Waals surface area contributed by atoms with E-state index >= 15 is 0 Å². The van der Waals surface area contributed by atoms with Crippen molar-refractivity contribution in [1.82, 2.24) is 14.5 Å².